The normalized spacial score (nSPS) is 13.8. The molecule has 1 atom stereocenters. The van der Waals surface area contributed by atoms with Crippen molar-refractivity contribution in [3.05, 3.63) is 35.0 Å². The lowest BCUT2D eigenvalue weighted by Crippen LogP contribution is -2.30. The molecule has 3 N–H and O–H groups in total. The fourth-order valence-electron chi connectivity index (χ4n) is 2.43. The van der Waals surface area contributed by atoms with E-state index in [0.717, 1.165) is 28.0 Å². The summed E-state index contributed by atoms with van der Waals surface area (Å²) in [6, 6.07) is 7.98. The average molecular weight is 295 g/mol. The molecule has 1 aromatic heterocycles. The lowest BCUT2D eigenvalue weighted by atomic mass is 9.89. The summed E-state index contributed by atoms with van der Waals surface area (Å²) < 4.78 is 0. The first kappa shape index (κ1) is 15.4. The standard InChI is InChI=1S/C16H23ClN2O/c1-16(2,3)8-11(20)9-18-10-14-15(17)12-6-4-5-7-13(12)19-14/h4-7,11,18-20H,8-10H2,1-3H3. The summed E-state index contributed by atoms with van der Waals surface area (Å²) in [5.41, 5.74) is 2.15. The van der Waals surface area contributed by atoms with Crippen LogP contribution in [0.5, 0.6) is 0 Å². The van der Waals surface area contributed by atoms with Gasteiger partial charge in [-0.3, -0.25) is 0 Å². The molecule has 1 heterocycles. The molecular formula is C16H23ClN2O. The predicted octanol–water partition coefficient (Wildman–Crippen LogP) is 3.71. The fraction of sp³-hybridized carbons (Fsp3) is 0.500. The molecule has 1 aromatic carbocycles. The van der Waals surface area contributed by atoms with Crippen molar-refractivity contribution in [3.63, 3.8) is 0 Å². The third-order valence-electron chi connectivity index (χ3n) is 3.24. The number of nitrogens with one attached hydrogen (secondary N) is 2. The quantitative estimate of drug-likeness (QED) is 0.787. The van der Waals surface area contributed by atoms with E-state index in [1.165, 1.54) is 0 Å². The summed E-state index contributed by atoms with van der Waals surface area (Å²) in [4.78, 5) is 3.31. The first-order valence-electron chi connectivity index (χ1n) is 7.01. The van der Waals surface area contributed by atoms with E-state index in [2.05, 4.69) is 31.1 Å². The van der Waals surface area contributed by atoms with Crippen LogP contribution >= 0.6 is 11.6 Å². The maximum absolute atomic E-state index is 9.97. The van der Waals surface area contributed by atoms with Crippen molar-refractivity contribution in [2.75, 3.05) is 6.54 Å². The van der Waals surface area contributed by atoms with Gasteiger partial charge in [-0.15, -0.1) is 0 Å². The van der Waals surface area contributed by atoms with Gasteiger partial charge in [0.2, 0.25) is 0 Å². The molecule has 0 radical (unpaired) electrons. The second-order valence-electron chi connectivity index (χ2n) is 6.51. The molecule has 0 fully saturated rings. The smallest absolute Gasteiger partial charge is 0.0705 e. The molecule has 0 aliphatic rings. The highest BCUT2D eigenvalue weighted by molar-refractivity contribution is 6.36. The summed E-state index contributed by atoms with van der Waals surface area (Å²) in [6.45, 7) is 7.60. The van der Waals surface area contributed by atoms with E-state index in [4.69, 9.17) is 11.6 Å². The van der Waals surface area contributed by atoms with Gasteiger partial charge >= 0.3 is 0 Å². The van der Waals surface area contributed by atoms with Crippen molar-refractivity contribution in [1.82, 2.24) is 10.3 Å². The molecule has 0 bridgehead atoms. The van der Waals surface area contributed by atoms with Crippen LogP contribution in [-0.2, 0) is 6.54 Å². The predicted molar refractivity (Wildman–Crippen MR) is 85.1 cm³/mol. The van der Waals surface area contributed by atoms with Crippen molar-refractivity contribution in [2.24, 2.45) is 5.41 Å². The molecule has 0 saturated heterocycles. The Morgan fingerprint density at radius 2 is 2.00 bits per heavy atom. The van der Waals surface area contributed by atoms with Crippen molar-refractivity contribution >= 4 is 22.5 Å². The van der Waals surface area contributed by atoms with E-state index >= 15 is 0 Å². The number of hydrogen-bond donors (Lipinski definition) is 3. The Hall–Kier alpha value is -1.03. The number of aromatic nitrogens is 1. The maximum atomic E-state index is 9.97. The molecule has 2 aromatic rings. The van der Waals surface area contributed by atoms with Gasteiger partial charge in [-0.05, 0) is 17.9 Å². The Bertz CT molecular complexity index is 571. The van der Waals surface area contributed by atoms with Crippen molar-refractivity contribution in [3.8, 4) is 0 Å². The third-order valence-corrected chi connectivity index (χ3v) is 3.68. The number of para-hydroxylation sites is 1. The first-order valence-corrected chi connectivity index (χ1v) is 7.38. The van der Waals surface area contributed by atoms with Gasteiger partial charge in [-0.25, -0.2) is 0 Å². The van der Waals surface area contributed by atoms with Crippen LogP contribution in [0.25, 0.3) is 10.9 Å². The number of halogens is 1. The Balaban J connectivity index is 1.92. The van der Waals surface area contributed by atoms with Crippen LogP contribution in [0.4, 0.5) is 0 Å². The number of aliphatic hydroxyl groups excluding tert-OH is 1. The number of rotatable bonds is 5. The lowest BCUT2D eigenvalue weighted by Gasteiger charge is -2.22. The van der Waals surface area contributed by atoms with E-state index in [-0.39, 0.29) is 11.5 Å². The molecular weight excluding hydrogens is 272 g/mol. The number of hydrogen-bond acceptors (Lipinski definition) is 2. The van der Waals surface area contributed by atoms with E-state index in [9.17, 15) is 5.11 Å². The Kier molecular flexibility index (Phi) is 4.74. The molecule has 4 heteroatoms. The molecule has 2 rings (SSSR count). The van der Waals surface area contributed by atoms with Crippen molar-refractivity contribution in [1.29, 1.82) is 0 Å². The summed E-state index contributed by atoms with van der Waals surface area (Å²) in [6.07, 6.45) is 0.443. The molecule has 3 nitrogen and oxygen atoms in total. The summed E-state index contributed by atoms with van der Waals surface area (Å²) in [5, 5.41) is 15.0. The van der Waals surface area contributed by atoms with Gasteiger partial charge in [-0.2, -0.15) is 0 Å². The Labute approximate surface area is 125 Å². The second kappa shape index (κ2) is 6.17. The molecule has 0 aliphatic carbocycles. The topological polar surface area (TPSA) is 48.0 Å². The fourth-order valence-corrected chi connectivity index (χ4v) is 2.71. The Morgan fingerprint density at radius 1 is 1.30 bits per heavy atom. The van der Waals surface area contributed by atoms with Crippen LogP contribution in [0, 0.1) is 5.41 Å². The van der Waals surface area contributed by atoms with Crippen LogP contribution in [0.1, 0.15) is 32.9 Å². The molecule has 110 valence electrons. The molecule has 0 saturated carbocycles. The van der Waals surface area contributed by atoms with E-state index in [1.807, 2.05) is 24.3 Å². The van der Waals surface area contributed by atoms with Crippen molar-refractivity contribution in [2.45, 2.75) is 39.8 Å². The van der Waals surface area contributed by atoms with Gasteiger partial charge in [0.25, 0.3) is 0 Å². The zero-order valence-electron chi connectivity index (χ0n) is 12.3. The van der Waals surface area contributed by atoms with Crippen LogP contribution in [0.15, 0.2) is 24.3 Å². The SMILES string of the molecule is CC(C)(C)CC(O)CNCc1[nH]c2ccccc2c1Cl. The number of aliphatic hydroxyl groups is 1. The third kappa shape index (κ3) is 3.98. The largest absolute Gasteiger partial charge is 0.392 e. The highest BCUT2D eigenvalue weighted by atomic mass is 35.5. The highest BCUT2D eigenvalue weighted by Crippen LogP contribution is 2.27. The van der Waals surface area contributed by atoms with Gasteiger partial charge in [0.1, 0.15) is 0 Å². The number of aromatic amines is 1. The molecule has 0 aliphatic heterocycles. The minimum absolute atomic E-state index is 0.139. The lowest BCUT2D eigenvalue weighted by molar-refractivity contribution is 0.119. The summed E-state index contributed by atoms with van der Waals surface area (Å²) in [7, 11) is 0. The molecule has 0 amide bonds. The first-order chi connectivity index (χ1) is 9.37. The molecule has 1 unspecified atom stereocenters. The van der Waals surface area contributed by atoms with Gasteiger partial charge in [0.15, 0.2) is 0 Å². The minimum Gasteiger partial charge on any atom is -0.392 e. The average Bonchev–Trinajstić information content (AvgIpc) is 2.65. The zero-order chi connectivity index (χ0) is 14.8. The number of H-pyrrole nitrogens is 1. The van der Waals surface area contributed by atoms with Crippen LogP contribution in [0.2, 0.25) is 5.02 Å². The minimum atomic E-state index is -0.335. The van der Waals surface area contributed by atoms with Crippen LogP contribution < -0.4 is 5.32 Å². The zero-order valence-corrected chi connectivity index (χ0v) is 13.1. The van der Waals surface area contributed by atoms with Crippen molar-refractivity contribution < 1.29 is 5.11 Å². The summed E-state index contributed by atoms with van der Waals surface area (Å²) in [5.74, 6) is 0. The van der Waals surface area contributed by atoms with E-state index < -0.39 is 0 Å². The Morgan fingerprint density at radius 3 is 2.65 bits per heavy atom. The van der Waals surface area contributed by atoms with E-state index in [0.29, 0.717) is 13.1 Å². The van der Waals surface area contributed by atoms with Crippen LogP contribution in [0.3, 0.4) is 0 Å². The molecule has 20 heavy (non-hydrogen) atoms. The van der Waals surface area contributed by atoms with Gasteiger partial charge in [0, 0.05) is 29.7 Å². The van der Waals surface area contributed by atoms with Crippen LogP contribution in [-0.4, -0.2) is 22.7 Å². The summed E-state index contributed by atoms with van der Waals surface area (Å²) >= 11 is 6.35. The molecule has 0 spiro atoms. The number of fused-ring (bicyclic) bond motifs is 1. The number of benzene rings is 1. The van der Waals surface area contributed by atoms with Gasteiger partial charge in [-0.1, -0.05) is 50.6 Å². The van der Waals surface area contributed by atoms with Gasteiger partial charge in [0.05, 0.1) is 11.1 Å². The maximum Gasteiger partial charge on any atom is 0.0705 e. The van der Waals surface area contributed by atoms with Gasteiger partial charge < -0.3 is 15.4 Å². The monoisotopic (exact) mass is 294 g/mol. The highest BCUT2D eigenvalue weighted by Gasteiger charge is 2.16. The second-order valence-corrected chi connectivity index (χ2v) is 6.89. The van der Waals surface area contributed by atoms with E-state index in [1.54, 1.807) is 0 Å².